The van der Waals surface area contributed by atoms with Crippen molar-refractivity contribution in [3.05, 3.63) is 60.1 Å². The Labute approximate surface area is 156 Å². The lowest BCUT2D eigenvalue weighted by atomic mass is 10.2. The van der Waals surface area contributed by atoms with Crippen molar-refractivity contribution in [2.45, 2.75) is 24.2 Å². The number of benzene rings is 1. The van der Waals surface area contributed by atoms with Gasteiger partial charge in [-0.1, -0.05) is 18.2 Å². The summed E-state index contributed by atoms with van der Waals surface area (Å²) in [7, 11) is -3.60. The van der Waals surface area contributed by atoms with Gasteiger partial charge in [-0.3, -0.25) is 4.72 Å². The fraction of sp³-hybridized carbons (Fsp3) is 0.167. The van der Waals surface area contributed by atoms with E-state index in [0.29, 0.717) is 0 Å². The average Bonchev–Trinajstić information content (AvgIpc) is 3.13. The van der Waals surface area contributed by atoms with E-state index in [9.17, 15) is 8.42 Å². The molecule has 0 saturated heterocycles. The van der Waals surface area contributed by atoms with Crippen molar-refractivity contribution in [2.24, 2.45) is 0 Å². The third kappa shape index (κ3) is 4.53. The molecular formula is C18H19N3O3S2. The fourth-order valence-corrected chi connectivity index (χ4v) is 4.22. The quantitative estimate of drug-likeness (QED) is 0.623. The molecule has 1 aromatic carbocycles. The Hall–Kier alpha value is -2.58. The van der Waals surface area contributed by atoms with Gasteiger partial charge in [0, 0.05) is 0 Å². The van der Waals surface area contributed by atoms with Gasteiger partial charge in [0.15, 0.2) is 0 Å². The number of hydrogen-bond donors (Lipinski definition) is 2. The van der Waals surface area contributed by atoms with Gasteiger partial charge in [-0.2, -0.15) is 0 Å². The number of aromatic nitrogens is 1. The summed E-state index contributed by atoms with van der Waals surface area (Å²) in [5.41, 5.74) is 1.54. The topological polar surface area (TPSA) is 80.3 Å². The highest BCUT2D eigenvalue weighted by Crippen LogP contribution is 2.28. The van der Waals surface area contributed by atoms with Gasteiger partial charge in [0.2, 0.25) is 0 Å². The van der Waals surface area contributed by atoms with Crippen molar-refractivity contribution in [3.8, 4) is 5.75 Å². The van der Waals surface area contributed by atoms with E-state index in [4.69, 9.17) is 4.74 Å². The molecule has 2 N–H and O–H groups in total. The number of sulfonamides is 1. The highest BCUT2D eigenvalue weighted by Gasteiger charge is 2.15. The number of para-hydroxylation sites is 2. The lowest BCUT2D eigenvalue weighted by Gasteiger charge is -2.15. The first-order chi connectivity index (χ1) is 12.4. The van der Waals surface area contributed by atoms with Crippen molar-refractivity contribution < 1.29 is 13.2 Å². The molecule has 3 aromatic rings. The second-order valence-corrected chi connectivity index (χ2v) is 8.61. The molecule has 0 bridgehead atoms. The Bertz CT molecular complexity index is 954. The summed E-state index contributed by atoms with van der Waals surface area (Å²) in [6, 6.07) is 14.2. The maximum absolute atomic E-state index is 12.2. The molecule has 0 aliphatic carbocycles. The van der Waals surface area contributed by atoms with Gasteiger partial charge < -0.3 is 10.1 Å². The van der Waals surface area contributed by atoms with Gasteiger partial charge in [0.1, 0.15) is 15.8 Å². The maximum atomic E-state index is 12.2. The summed E-state index contributed by atoms with van der Waals surface area (Å²) in [5.74, 6) is 1.00. The fourth-order valence-electron chi connectivity index (χ4n) is 2.21. The van der Waals surface area contributed by atoms with Crippen molar-refractivity contribution in [1.29, 1.82) is 0 Å². The van der Waals surface area contributed by atoms with Crippen molar-refractivity contribution in [3.63, 3.8) is 0 Å². The van der Waals surface area contributed by atoms with Crippen LogP contribution in [0.15, 0.2) is 64.3 Å². The molecule has 0 atom stereocenters. The zero-order valence-corrected chi connectivity index (χ0v) is 16.0. The molecule has 136 valence electrons. The predicted octanol–water partition coefficient (Wildman–Crippen LogP) is 4.47. The molecule has 0 radical (unpaired) electrons. The third-order valence-corrected chi connectivity index (χ3v) is 6.04. The molecule has 2 aromatic heterocycles. The zero-order valence-electron chi connectivity index (χ0n) is 14.3. The molecule has 3 rings (SSSR count). The average molecular weight is 390 g/mol. The standard InChI is InChI=1S/C18H19N3O3S2/c1-13(2)24-16-7-4-3-6-15(16)20-14-9-10-17(19-12-14)21-26(22,23)18-8-5-11-25-18/h3-13,20H,1-2H3,(H,19,21). The van der Waals surface area contributed by atoms with Crippen LogP contribution in [0.3, 0.4) is 0 Å². The Balaban J connectivity index is 1.73. The lowest BCUT2D eigenvalue weighted by Crippen LogP contribution is -2.12. The summed E-state index contributed by atoms with van der Waals surface area (Å²) in [4.78, 5) is 4.17. The van der Waals surface area contributed by atoms with Crippen LogP contribution in [-0.2, 0) is 10.0 Å². The van der Waals surface area contributed by atoms with E-state index in [-0.39, 0.29) is 16.1 Å². The first-order valence-corrected chi connectivity index (χ1v) is 10.4. The number of thiophene rings is 1. The minimum Gasteiger partial charge on any atom is -0.489 e. The van der Waals surface area contributed by atoms with Gasteiger partial charge in [-0.25, -0.2) is 13.4 Å². The molecule has 0 fully saturated rings. The Morgan fingerprint density at radius 3 is 2.54 bits per heavy atom. The second kappa shape index (κ2) is 7.76. The number of nitrogens with zero attached hydrogens (tertiary/aromatic N) is 1. The molecule has 26 heavy (non-hydrogen) atoms. The SMILES string of the molecule is CC(C)Oc1ccccc1Nc1ccc(NS(=O)(=O)c2cccs2)nc1. The van der Waals surface area contributed by atoms with E-state index in [1.54, 1.807) is 35.8 Å². The van der Waals surface area contributed by atoms with Crippen LogP contribution in [0, 0.1) is 0 Å². The molecule has 0 aliphatic rings. The number of rotatable bonds is 7. The van der Waals surface area contributed by atoms with Crippen LogP contribution in [0.25, 0.3) is 0 Å². The van der Waals surface area contributed by atoms with Crippen LogP contribution in [0.4, 0.5) is 17.2 Å². The minimum atomic E-state index is -3.60. The molecule has 8 heteroatoms. The van der Waals surface area contributed by atoms with Gasteiger partial charge >= 0.3 is 0 Å². The van der Waals surface area contributed by atoms with E-state index in [1.165, 1.54) is 0 Å². The Morgan fingerprint density at radius 1 is 1.08 bits per heavy atom. The largest absolute Gasteiger partial charge is 0.489 e. The van der Waals surface area contributed by atoms with Crippen LogP contribution in [-0.4, -0.2) is 19.5 Å². The molecule has 6 nitrogen and oxygen atoms in total. The molecule has 0 spiro atoms. The summed E-state index contributed by atoms with van der Waals surface area (Å²) in [5, 5.41) is 4.95. The van der Waals surface area contributed by atoms with Gasteiger partial charge in [-0.15, -0.1) is 11.3 Å². The third-order valence-electron chi connectivity index (χ3n) is 3.29. The molecule has 0 aliphatic heterocycles. The smallest absolute Gasteiger partial charge is 0.272 e. The van der Waals surface area contributed by atoms with Gasteiger partial charge in [0.05, 0.1) is 23.7 Å². The molecule has 0 amide bonds. The van der Waals surface area contributed by atoms with Crippen molar-refractivity contribution in [1.82, 2.24) is 4.98 Å². The summed E-state index contributed by atoms with van der Waals surface area (Å²) >= 11 is 1.16. The first-order valence-electron chi connectivity index (χ1n) is 7.99. The number of pyridine rings is 1. The van der Waals surface area contributed by atoms with Gasteiger partial charge in [-0.05, 0) is 49.6 Å². The highest BCUT2D eigenvalue weighted by atomic mass is 32.2. The highest BCUT2D eigenvalue weighted by molar-refractivity contribution is 7.94. The van der Waals surface area contributed by atoms with Crippen LogP contribution in [0.1, 0.15) is 13.8 Å². The van der Waals surface area contributed by atoms with Crippen LogP contribution >= 0.6 is 11.3 Å². The summed E-state index contributed by atoms with van der Waals surface area (Å²) in [6.07, 6.45) is 1.63. The number of nitrogens with one attached hydrogen (secondary N) is 2. The molecule has 2 heterocycles. The van der Waals surface area contributed by atoms with E-state index >= 15 is 0 Å². The monoisotopic (exact) mass is 389 g/mol. The normalized spacial score (nSPS) is 11.3. The Kier molecular flexibility index (Phi) is 5.43. The van der Waals surface area contributed by atoms with E-state index in [2.05, 4.69) is 15.0 Å². The minimum absolute atomic E-state index is 0.0603. The van der Waals surface area contributed by atoms with E-state index in [0.717, 1.165) is 28.5 Å². The van der Waals surface area contributed by atoms with Crippen molar-refractivity contribution in [2.75, 3.05) is 10.0 Å². The van der Waals surface area contributed by atoms with Crippen LogP contribution in [0.5, 0.6) is 5.75 Å². The zero-order chi connectivity index (χ0) is 18.6. The number of ether oxygens (including phenoxy) is 1. The van der Waals surface area contributed by atoms with E-state index in [1.807, 2.05) is 38.1 Å². The van der Waals surface area contributed by atoms with Crippen LogP contribution < -0.4 is 14.8 Å². The van der Waals surface area contributed by atoms with Crippen molar-refractivity contribution >= 4 is 38.6 Å². The lowest BCUT2D eigenvalue weighted by molar-refractivity contribution is 0.244. The molecular weight excluding hydrogens is 370 g/mol. The predicted molar refractivity (Wildman–Crippen MR) is 105 cm³/mol. The first kappa shape index (κ1) is 18.2. The second-order valence-electron chi connectivity index (χ2n) is 5.76. The molecule has 0 saturated carbocycles. The number of hydrogen-bond acceptors (Lipinski definition) is 6. The maximum Gasteiger partial charge on any atom is 0.272 e. The van der Waals surface area contributed by atoms with Gasteiger partial charge in [0.25, 0.3) is 10.0 Å². The molecule has 0 unspecified atom stereocenters. The summed E-state index contributed by atoms with van der Waals surface area (Å²) < 4.78 is 32.9. The number of anilines is 3. The Morgan fingerprint density at radius 2 is 1.88 bits per heavy atom. The van der Waals surface area contributed by atoms with Crippen LogP contribution in [0.2, 0.25) is 0 Å². The van der Waals surface area contributed by atoms with E-state index < -0.39 is 10.0 Å². The summed E-state index contributed by atoms with van der Waals surface area (Å²) in [6.45, 7) is 3.93.